The van der Waals surface area contributed by atoms with Crippen molar-refractivity contribution in [3.05, 3.63) is 36.8 Å². The summed E-state index contributed by atoms with van der Waals surface area (Å²) in [6.07, 6.45) is 8.92. The average Bonchev–Trinajstić information content (AvgIpc) is 2.74. The molecule has 1 atom stereocenters. The Hall–Kier alpha value is -1.91. The van der Waals surface area contributed by atoms with E-state index in [-0.39, 0.29) is 6.04 Å². The molecular weight excluding hydrogens is 202 g/mol. The van der Waals surface area contributed by atoms with E-state index in [9.17, 15) is 0 Å². The second kappa shape index (κ2) is 4.74. The molecule has 0 amide bonds. The van der Waals surface area contributed by atoms with Crippen molar-refractivity contribution in [2.45, 2.75) is 26.4 Å². The molecule has 5 nitrogen and oxygen atoms in total. The van der Waals surface area contributed by atoms with Gasteiger partial charge in [0.1, 0.15) is 5.82 Å². The van der Waals surface area contributed by atoms with Gasteiger partial charge < -0.3 is 9.88 Å². The average molecular weight is 217 g/mol. The van der Waals surface area contributed by atoms with E-state index >= 15 is 0 Å². The van der Waals surface area contributed by atoms with Crippen LogP contribution in [-0.4, -0.2) is 25.6 Å². The van der Waals surface area contributed by atoms with Gasteiger partial charge in [0.2, 0.25) is 0 Å². The van der Waals surface area contributed by atoms with E-state index in [2.05, 4.69) is 27.2 Å². The van der Waals surface area contributed by atoms with Crippen LogP contribution in [0.2, 0.25) is 0 Å². The topological polar surface area (TPSA) is 55.6 Å². The van der Waals surface area contributed by atoms with Crippen LogP contribution >= 0.6 is 0 Å². The molecule has 0 radical (unpaired) electrons. The molecule has 16 heavy (non-hydrogen) atoms. The third-order valence-corrected chi connectivity index (χ3v) is 2.31. The minimum absolute atomic E-state index is 0.282. The molecule has 2 aromatic heterocycles. The first-order valence-corrected chi connectivity index (χ1v) is 5.25. The third-order valence-electron chi connectivity index (χ3n) is 2.31. The molecule has 1 N–H and O–H groups in total. The first kappa shape index (κ1) is 10.6. The summed E-state index contributed by atoms with van der Waals surface area (Å²) in [6, 6.07) is 0.282. The zero-order valence-electron chi connectivity index (χ0n) is 9.46. The molecule has 2 rings (SSSR count). The van der Waals surface area contributed by atoms with Gasteiger partial charge >= 0.3 is 0 Å². The molecule has 5 heteroatoms. The van der Waals surface area contributed by atoms with Crippen LogP contribution in [0.25, 0.3) is 0 Å². The maximum absolute atomic E-state index is 4.25. The highest BCUT2D eigenvalue weighted by Crippen LogP contribution is 2.08. The fraction of sp³-hybridized carbons (Fsp3) is 0.364. The first-order valence-electron chi connectivity index (χ1n) is 5.25. The van der Waals surface area contributed by atoms with Gasteiger partial charge in [-0.05, 0) is 13.8 Å². The number of hydrogen-bond acceptors (Lipinski definition) is 4. The molecule has 2 heterocycles. The molecule has 0 saturated heterocycles. The van der Waals surface area contributed by atoms with E-state index in [1.807, 2.05) is 24.0 Å². The number of aromatic nitrogens is 4. The summed E-state index contributed by atoms with van der Waals surface area (Å²) in [5.74, 6) is 0.843. The number of hydrogen-bond donors (Lipinski definition) is 1. The van der Waals surface area contributed by atoms with Gasteiger partial charge in [-0.1, -0.05) is 0 Å². The normalized spacial score (nSPS) is 12.4. The largest absolute Gasteiger partial charge is 0.364 e. The van der Waals surface area contributed by atoms with E-state index in [4.69, 9.17) is 0 Å². The quantitative estimate of drug-likeness (QED) is 0.842. The van der Waals surface area contributed by atoms with Gasteiger partial charge in [0, 0.05) is 37.4 Å². The fourth-order valence-electron chi connectivity index (χ4n) is 1.54. The summed E-state index contributed by atoms with van der Waals surface area (Å²) >= 11 is 0. The number of nitrogens with zero attached hydrogens (tertiary/aromatic N) is 4. The maximum Gasteiger partial charge on any atom is 0.147 e. The van der Waals surface area contributed by atoms with E-state index in [1.165, 1.54) is 0 Å². The molecule has 0 saturated carbocycles. The lowest BCUT2D eigenvalue weighted by atomic mass is 10.3. The summed E-state index contributed by atoms with van der Waals surface area (Å²) in [5, 5.41) is 3.33. The lowest BCUT2D eigenvalue weighted by molar-refractivity contribution is 0.616. The summed E-state index contributed by atoms with van der Waals surface area (Å²) in [6.45, 7) is 4.91. The van der Waals surface area contributed by atoms with Crippen molar-refractivity contribution >= 4 is 5.82 Å². The van der Waals surface area contributed by atoms with E-state index < -0.39 is 0 Å². The van der Waals surface area contributed by atoms with Crippen LogP contribution in [-0.2, 0) is 6.54 Å². The Morgan fingerprint density at radius 3 is 2.81 bits per heavy atom. The van der Waals surface area contributed by atoms with E-state index in [0.717, 1.165) is 18.1 Å². The molecule has 0 aliphatic rings. The number of aryl methyl sites for hydroxylation is 1. The lowest BCUT2D eigenvalue weighted by Crippen LogP contribution is -2.22. The second-order valence-corrected chi connectivity index (χ2v) is 3.80. The lowest BCUT2D eigenvalue weighted by Gasteiger charge is -2.15. The Morgan fingerprint density at radius 1 is 1.31 bits per heavy atom. The van der Waals surface area contributed by atoms with Crippen LogP contribution < -0.4 is 5.32 Å². The molecule has 0 aromatic carbocycles. The molecule has 0 fully saturated rings. The molecule has 84 valence electrons. The Balaban J connectivity index is 1.97. The molecule has 2 aromatic rings. The Bertz CT molecular complexity index is 437. The number of anilines is 1. The van der Waals surface area contributed by atoms with Crippen molar-refractivity contribution < 1.29 is 0 Å². The molecule has 0 spiro atoms. The zero-order chi connectivity index (χ0) is 11.4. The van der Waals surface area contributed by atoms with Crippen LogP contribution in [0.15, 0.2) is 31.1 Å². The maximum atomic E-state index is 4.25. The molecular formula is C11H15N5. The molecule has 0 aliphatic heterocycles. The number of nitrogens with one attached hydrogen (secondary N) is 1. The highest BCUT2D eigenvalue weighted by molar-refractivity contribution is 5.39. The zero-order valence-corrected chi connectivity index (χ0v) is 9.46. The van der Waals surface area contributed by atoms with Crippen LogP contribution in [0.1, 0.15) is 12.6 Å². The monoisotopic (exact) mass is 217 g/mol. The number of imidazole rings is 1. The Kier molecular flexibility index (Phi) is 3.14. The van der Waals surface area contributed by atoms with Crippen molar-refractivity contribution in [1.82, 2.24) is 19.5 Å². The third kappa shape index (κ3) is 2.56. The van der Waals surface area contributed by atoms with Crippen LogP contribution in [0.4, 0.5) is 5.82 Å². The van der Waals surface area contributed by atoms with Crippen molar-refractivity contribution in [3.8, 4) is 0 Å². The van der Waals surface area contributed by atoms with Gasteiger partial charge in [0.15, 0.2) is 0 Å². The minimum Gasteiger partial charge on any atom is -0.364 e. The minimum atomic E-state index is 0.282. The van der Waals surface area contributed by atoms with Crippen LogP contribution in [0.5, 0.6) is 0 Å². The van der Waals surface area contributed by atoms with Gasteiger partial charge in [-0.2, -0.15) is 0 Å². The Morgan fingerprint density at radius 2 is 2.12 bits per heavy atom. The SMILES string of the molecule is Cc1nccnc1NC(C)Cn1ccnc1. The predicted molar refractivity (Wildman–Crippen MR) is 62.1 cm³/mol. The van der Waals surface area contributed by atoms with Gasteiger partial charge in [0.05, 0.1) is 12.0 Å². The number of rotatable bonds is 4. The molecule has 1 unspecified atom stereocenters. The molecule has 0 aliphatic carbocycles. The van der Waals surface area contributed by atoms with Crippen molar-refractivity contribution in [2.24, 2.45) is 0 Å². The van der Waals surface area contributed by atoms with Gasteiger partial charge in [-0.3, -0.25) is 4.98 Å². The summed E-state index contributed by atoms with van der Waals surface area (Å²) in [4.78, 5) is 12.4. The van der Waals surface area contributed by atoms with Gasteiger partial charge in [-0.15, -0.1) is 0 Å². The summed E-state index contributed by atoms with van der Waals surface area (Å²) in [7, 11) is 0. The standard InChI is InChI=1S/C11H15N5/c1-9(7-16-6-5-12-8-16)15-11-10(2)13-3-4-14-11/h3-6,8-9H,7H2,1-2H3,(H,14,15). The van der Waals surface area contributed by atoms with Gasteiger partial charge in [-0.25, -0.2) is 9.97 Å². The highest BCUT2D eigenvalue weighted by atomic mass is 15.1. The van der Waals surface area contributed by atoms with Crippen molar-refractivity contribution in [3.63, 3.8) is 0 Å². The van der Waals surface area contributed by atoms with Gasteiger partial charge in [0.25, 0.3) is 0 Å². The highest BCUT2D eigenvalue weighted by Gasteiger charge is 2.05. The first-order chi connectivity index (χ1) is 7.75. The fourth-order valence-corrected chi connectivity index (χ4v) is 1.54. The molecule has 0 bridgehead atoms. The van der Waals surface area contributed by atoms with E-state index in [1.54, 1.807) is 18.6 Å². The van der Waals surface area contributed by atoms with Crippen LogP contribution in [0, 0.1) is 6.92 Å². The summed E-state index contributed by atoms with van der Waals surface area (Å²) in [5.41, 5.74) is 0.917. The predicted octanol–water partition coefficient (Wildman–Crippen LogP) is 1.48. The summed E-state index contributed by atoms with van der Waals surface area (Å²) < 4.78 is 2.03. The van der Waals surface area contributed by atoms with E-state index in [0.29, 0.717) is 0 Å². The van der Waals surface area contributed by atoms with Crippen molar-refractivity contribution in [2.75, 3.05) is 5.32 Å². The van der Waals surface area contributed by atoms with Crippen LogP contribution in [0.3, 0.4) is 0 Å². The Labute approximate surface area is 94.6 Å². The smallest absolute Gasteiger partial charge is 0.147 e. The van der Waals surface area contributed by atoms with Crippen molar-refractivity contribution in [1.29, 1.82) is 0 Å². The second-order valence-electron chi connectivity index (χ2n) is 3.80.